The molecule has 0 bridgehead atoms. The first-order chi connectivity index (χ1) is 11.8. The first kappa shape index (κ1) is 16.9. The van der Waals surface area contributed by atoms with Crippen LogP contribution in [0.1, 0.15) is 17.5 Å². The Bertz CT molecular complexity index is 741. The van der Waals surface area contributed by atoms with E-state index in [-0.39, 0.29) is 24.8 Å². The van der Waals surface area contributed by atoms with Gasteiger partial charge >= 0.3 is 6.03 Å². The van der Waals surface area contributed by atoms with Gasteiger partial charge in [-0.3, -0.25) is 19.7 Å². The zero-order valence-corrected chi connectivity index (χ0v) is 14.2. The smallest absolute Gasteiger partial charge is 0.322 e. The molecule has 2 fully saturated rings. The number of piperazine rings is 1. The van der Waals surface area contributed by atoms with Crippen molar-refractivity contribution in [2.24, 2.45) is 0 Å². The number of anilines is 1. The van der Waals surface area contributed by atoms with Crippen LogP contribution in [0.4, 0.5) is 10.5 Å². The van der Waals surface area contributed by atoms with E-state index >= 15 is 0 Å². The molecule has 2 saturated heterocycles. The summed E-state index contributed by atoms with van der Waals surface area (Å²) < 4.78 is 0. The summed E-state index contributed by atoms with van der Waals surface area (Å²) in [7, 11) is 0. The van der Waals surface area contributed by atoms with Gasteiger partial charge in [0.1, 0.15) is 12.6 Å². The maximum atomic E-state index is 12.5. The molecule has 2 N–H and O–H groups in total. The largest absolute Gasteiger partial charge is 0.331 e. The van der Waals surface area contributed by atoms with Crippen molar-refractivity contribution in [2.75, 3.05) is 24.5 Å². The van der Waals surface area contributed by atoms with Crippen LogP contribution < -0.4 is 15.5 Å². The van der Waals surface area contributed by atoms with Crippen LogP contribution in [0.15, 0.2) is 18.2 Å². The second-order valence-corrected chi connectivity index (χ2v) is 6.43. The molecule has 1 aromatic carbocycles. The number of hydrogen-bond donors (Lipinski definition) is 2. The summed E-state index contributed by atoms with van der Waals surface area (Å²) in [5.41, 5.74) is 2.98. The molecule has 3 rings (SSSR count). The molecular formula is C17H20N4O4. The van der Waals surface area contributed by atoms with E-state index in [1.807, 2.05) is 32.0 Å². The van der Waals surface area contributed by atoms with Crippen molar-refractivity contribution < 1.29 is 19.2 Å². The van der Waals surface area contributed by atoms with Gasteiger partial charge in [0.05, 0.1) is 6.42 Å². The molecule has 1 atom stereocenters. The number of hydrogen-bond acceptors (Lipinski definition) is 4. The Labute approximate surface area is 145 Å². The minimum absolute atomic E-state index is 0.0336. The molecule has 8 heteroatoms. The van der Waals surface area contributed by atoms with E-state index in [1.54, 1.807) is 4.90 Å². The molecule has 8 nitrogen and oxygen atoms in total. The standard InChI is InChI=1S/C17H20N4O4/c1-10-5-11(2)7-12(6-10)21-4-3-20(9-15(21)23)14(22)8-13-16(24)19-17(25)18-13/h5-7,13H,3-4,8-9H2,1-2H3,(H2,18,19,24,25)/t13-/m0/s1. The first-order valence-corrected chi connectivity index (χ1v) is 8.11. The lowest BCUT2D eigenvalue weighted by Crippen LogP contribution is -2.53. The number of nitrogens with one attached hydrogen (secondary N) is 2. The average Bonchev–Trinajstić information content (AvgIpc) is 2.83. The average molecular weight is 344 g/mol. The van der Waals surface area contributed by atoms with Crippen LogP contribution in [-0.4, -0.2) is 54.3 Å². The van der Waals surface area contributed by atoms with E-state index in [1.165, 1.54) is 4.90 Å². The number of amides is 5. The van der Waals surface area contributed by atoms with Crippen molar-refractivity contribution in [2.45, 2.75) is 26.3 Å². The van der Waals surface area contributed by atoms with Gasteiger partial charge in [-0.05, 0) is 37.1 Å². The molecule has 0 unspecified atom stereocenters. The zero-order valence-electron chi connectivity index (χ0n) is 14.2. The van der Waals surface area contributed by atoms with Gasteiger partial charge < -0.3 is 15.1 Å². The summed E-state index contributed by atoms with van der Waals surface area (Å²) in [4.78, 5) is 50.5. The molecule has 0 spiro atoms. The zero-order chi connectivity index (χ0) is 18.1. The van der Waals surface area contributed by atoms with Crippen LogP contribution in [0.5, 0.6) is 0 Å². The van der Waals surface area contributed by atoms with Crippen molar-refractivity contribution in [1.29, 1.82) is 0 Å². The van der Waals surface area contributed by atoms with E-state index in [4.69, 9.17) is 0 Å². The second kappa shape index (κ2) is 6.54. The number of benzene rings is 1. The van der Waals surface area contributed by atoms with E-state index < -0.39 is 18.0 Å². The third-order valence-electron chi connectivity index (χ3n) is 4.33. The quantitative estimate of drug-likeness (QED) is 0.759. The van der Waals surface area contributed by atoms with E-state index in [0.717, 1.165) is 16.8 Å². The van der Waals surface area contributed by atoms with Crippen molar-refractivity contribution in [1.82, 2.24) is 15.5 Å². The molecule has 2 heterocycles. The highest BCUT2D eigenvalue weighted by molar-refractivity contribution is 6.06. The normalized spacial score (nSPS) is 20.6. The number of nitrogens with zero attached hydrogens (tertiary/aromatic N) is 2. The molecule has 2 aliphatic rings. The van der Waals surface area contributed by atoms with Crippen LogP contribution in [0, 0.1) is 13.8 Å². The van der Waals surface area contributed by atoms with Gasteiger partial charge in [0, 0.05) is 18.8 Å². The fourth-order valence-electron chi connectivity index (χ4n) is 3.17. The van der Waals surface area contributed by atoms with Crippen LogP contribution in [0.25, 0.3) is 0 Å². The van der Waals surface area contributed by atoms with Crippen molar-refractivity contribution in [3.63, 3.8) is 0 Å². The summed E-state index contributed by atoms with van der Waals surface area (Å²) >= 11 is 0. The summed E-state index contributed by atoms with van der Waals surface area (Å²) in [6, 6.07) is 4.46. The summed E-state index contributed by atoms with van der Waals surface area (Å²) in [5.74, 6) is -1.00. The summed E-state index contributed by atoms with van der Waals surface area (Å²) in [6.45, 7) is 4.70. The third-order valence-corrected chi connectivity index (χ3v) is 4.33. The predicted molar refractivity (Wildman–Crippen MR) is 89.9 cm³/mol. The molecule has 0 radical (unpaired) electrons. The molecule has 0 saturated carbocycles. The van der Waals surface area contributed by atoms with Gasteiger partial charge in [0.25, 0.3) is 5.91 Å². The number of aryl methyl sites for hydroxylation is 2. The van der Waals surface area contributed by atoms with E-state index in [0.29, 0.717) is 13.1 Å². The number of carbonyl (C=O) groups excluding carboxylic acids is 4. The monoisotopic (exact) mass is 344 g/mol. The van der Waals surface area contributed by atoms with Crippen LogP contribution in [0.3, 0.4) is 0 Å². The molecular weight excluding hydrogens is 324 g/mol. The maximum Gasteiger partial charge on any atom is 0.322 e. The Morgan fingerprint density at radius 3 is 2.36 bits per heavy atom. The van der Waals surface area contributed by atoms with Gasteiger partial charge in [-0.25, -0.2) is 4.79 Å². The van der Waals surface area contributed by atoms with Crippen molar-refractivity contribution in [3.8, 4) is 0 Å². The minimum Gasteiger partial charge on any atom is -0.331 e. The third kappa shape index (κ3) is 3.62. The first-order valence-electron chi connectivity index (χ1n) is 8.11. The number of urea groups is 1. The van der Waals surface area contributed by atoms with Crippen LogP contribution >= 0.6 is 0 Å². The lowest BCUT2D eigenvalue weighted by molar-refractivity contribution is -0.138. The van der Waals surface area contributed by atoms with Crippen molar-refractivity contribution in [3.05, 3.63) is 29.3 Å². The molecule has 2 aliphatic heterocycles. The molecule has 25 heavy (non-hydrogen) atoms. The summed E-state index contributed by atoms with van der Waals surface area (Å²) in [5, 5.41) is 4.48. The molecule has 5 amide bonds. The highest BCUT2D eigenvalue weighted by Gasteiger charge is 2.34. The lowest BCUT2D eigenvalue weighted by atomic mass is 10.1. The second-order valence-electron chi connectivity index (χ2n) is 6.43. The highest BCUT2D eigenvalue weighted by Crippen LogP contribution is 2.21. The van der Waals surface area contributed by atoms with E-state index in [2.05, 4.69) is 10.6 Å². The van der Waals surface area contributed by atoms with Gasteiger partial charge in [-0.15, -0.1) is 0 Å². The Hall–Kier alpha value is -2.90. The SMILES string of the molecule is Cc1cc(C)cc(N2CCN(C(=O)C[C@@H]3NC(=O)NC3=O)CC2=O)c1. The number of rotatable bonds is 3. The Morgan fingerprint density at radius 2 is 1.80 bits per heavy atom. The van der Waals surface area contributed by atoms with Crippen molar-refractivity contribution >= 4 is 29.4 Å². The highest BCUT2D eigenvalue weighted by atomic mass is 16.2. The van der Waals surface area contributed by atoms with Gasteiger partial charge in [0.2, 0.25) is 11.8 Å². The fraction of sp³-hybridized carbons (Fsp3) is 0.412. The molecule has 1 aromatic rings. The molecule has 132 valence electrons. The lowest BCUT2D eigenvalue weighted by Gasteiger charge is -2.35. The maximum absolute atomic E-state index is 12.5. The van der Waals surface area contributed by atoms with Crippen LogP contribution in [0.2, 0.25) is 0 Å². The van der Waals surface area contributed by atoms with Crippen LogP contribution in [-0.2, 0) is 14.4 Å². The predicted octanol–water partition coefficient (Wildman–Crippen LogP) is 0.0767. The fourth-order valence-corrected chi connectivity index (χ4v) is 3.17. The number of imide groups is 1. The Morgan fingerprint density at radius 1 is 1.12 bits per heavy atom. The Kier molecular flexibility index (Phi) is 4.43. The molecule has 0 aliphatic carbocycles. The number of carbonyl (C=O) groups is 4. The topological polar surface area (TPSA) is 98.8 Å². The minimum atomic E-state index is -0.868. The van der Waals surface area contributed by atoms with Gasteiger partial charge in [0.15, 0.2) is 0 Å². The van der Waals surface area contributed by atoms with Gasteiger partial charge in [-0.1, -0.05) is 6.07 Å². The Balaban J connectivity index is 1.63. The van der Waals surface area contributed by atoms with Gasteiger partial charge in [-0.2, -0.15) is 0 Å². The van der Waals surface area contributed by atoms with E-state index in [9.17, 15) is 19.2 Å². The molecule has 0 aromatic heterocycles. The summed E-state index contributed by atoms with van der Waals surface area (Å²) in [6.07, 6.45) is -0.144.